The van der Waals surface area contributed by atoms with E-state index in [1.165, 1.54) is 0 Å². The highest BCUT2D eigenvalue weighted by Gasteiger charge is 2.21. The number of amides is 1. The lowest BCUT2D eigenvalue weighted by atomic mass is 10.0. The molecule has 1 atom stereocenters. The van der Waals surface area contributed by atoms with E-state index in [1.807, 2.05) is 48.9 Å². The Morgan fingerprint density at radius 1 is 1.13 bits per heavy atom. The van der Waals surface area contributed by atoms with Crippen LogP contribution in [0, 0.1) is 0 Å². The molecule has 3 rings (SSSR count). The molecule has 0 fully saturated rings. The molecule has 0 aliphatic rings. The highest BCUT2D eigenvalue weighted by Crippen LogP contribution is 2.23. The summed E-state index contributed by atoms with van der Waals surface area (Å²) < 4.78 is 12.8. The number of anilines is 1. The number of aliphatic carboxylic acids is 1. The number of aromatic nitrogens is 1. The maximum atomic E-state index is 12.0. The molecule has 0 saturated heterocycles. The predicted octanol–water partition coefficient (Wildman–Crippen LogP) is 4.96. The Hall–Kier alpha value is -3.03. The summed E-state index contributed by atoms with van der Waals surface area (Å²) in [5.74, 6) is -0.981. The van der Waals surface area contributed by atoms with Gasteiger partial charge in [-0.1, -0.05) is 23.7 Å². The lowest BCUT2D eigenvalue weighted by Gasteiger charge is -2.17. The van der Waals surface area contributed by atoms with Crippen LogP contribution in [0.2, 0.25) is 5.02 Å². The molecule has 2 N–H and O–H groups in total. The first kappa shape index (κ1) is 22.7. The third-order valence-electron chi connectivity index (χ3n) is 4.68. The van der Waals surface area contributed by atoms with E-state index >= 15 is 0 Å². The standard InChI is InChI=1S/C23H25ClN2O5/c1-15(2)31-21(22(27)28)14-16-4-3-5-20-19(16)10-11-26(20)12-13-30-23(29)25-18-8-6-17(24)7-9-18/h3-11,15,21H,12-14H2,1-2H3,(H,25,29)(H,27,28). The molecule has 1 heterocycles. The smallest absolute Gasteiger partial charge is 0.411 e. The molecular weight excluding hydrogens is 420 g/mol. The van der Waals surface area contributed by atoms with Crippen LogP contribution < -0.4 is 5.32 Å². The first-order valence-corrected chi connectivity index (χ1v) is 10.4. The van der Waals surface area contributed by atoms with Crippen molar-refractivity contribution in [3.8, 4) is 0 Å². The van der Waals surface area contributed by atoms with Crippen molar-refractivity contribution in [2.24, 2.45) is 0 Å². The van der Waals surface area contributed by atoms with E-state index in [1.54, 1.807) is 24.3 Å². The van der Waals surface area contributed by atoms with Gasteiger partial charge in [0.05, 0.1) is 12.6 Å². The summed E-state index contributed by atoms with van der Waals surface area (Å²) >= 11 is 5.83. The van der Waals surface area contributed by atoms with Crippen molar-refractivity contribution < 1.29 is 24.2 Å². The fourth-order valence-corrected chi connectivity index (χ4v) is 3.43. The summed E-state index contributed by atoms with van der Waals surface area (Å²) in [6.45, 7) is 4.28. The average Bonchev–Trinajstić information content (AvgIpc) is 3.13. The molecule has 0 aliphatic heterocycles. The van der Waals surface area contributed by atoms with Crippen LogP contribution in [-0.4, -0.2) is 40.6 Å². The normalized spacial score (nSPS) is 12.1. The molecule has 0 saturated carbocycles. The second-order valence-corrected chi connectivity index (χ2v) is 7.78. The van der Waals surface area contributed by atoms with E-state index in [0.717, 1.165) is 16.5 Å². The molecule has 1 unspecified atom stereocenters. The Bertz CT molecular complexity index is 1050. The average molecular weight is 445 g/mol. The zero-order chi connectivity index (χ0) is 22.4. The molecule has 7 nitrogen and oxygen atoms in total. The Morgan fingerprint density at radius 2 is 1.87 bits per heavy atom. The van der Waals surface area contributed by atoms with Crippen molar-refractivity contribution in [1.82, 2.24) is 4.57 Å². The van der Waals surface area contributed by atoms with Crippen LogP contribution in [-0.2, 0) is 27.2 Å². The summed E-state index contributed by atoms with van der Waals surface area (Å²) in [5.41, 5.74) is 2.43. The molecule has 8 heteroatoms. The van der Waals surface area contributed by atoms with Gasteiger partial charge < -0.3 is 19.1 Å². The van der Waals surface area contributed by atoms with Gasteiger partial charge in [0, 0.05) is 34.2 Å². The molecule has 0 spiro atoms. The summed E-state index contributed by atoms with van der Waals surface area (Å²) in [5, 5.41) is 13.6. The van der Waals surface area contributed by atoms with Crippen molar-refractivity contribution in [3.05, 3.63) is 65.3 Å². The number of carbonyl (C=O) groups is 2. The number of rotatable bonds is 9. The van der Waals surface area contributed by atoms with Gasteiger partial charge in [0.1, 0.15) is 6.61 Å². The van der Waals surface area contributed by atoms with Crippen molar-refractivity contribution in [3.63, 3.8) is 0 Å². The molecule has 0 bridgehead atoms. The van der Waals surface area contributed by atoms with Gasteiger partial charge in [-0.3, -0.25) is 5.32 Å². The van der Waals surface area contributed by atoms with Crippen molar-refractivity contribution in [2.45, 2.75) is 39.0 Å². The number of hydrogen-bond donors (Lipinski definition) is 2. The van der Waals surface area contributed by atoms with Gasteiger partial charge in [-0.2, -0.15) is 0 Å². The Kier molecular flexibility index (Phi) is 7.55. The van der Waals surface area contributed by atoms with E-state index in [-0.39, 0.29) is 19.1 Å². The molecule has 3 aromatic rings. The molecule has 2 aromatic carbocycles. The molecule has 1 amide bonds. The fraction of sp³-hybridized carbons (Fsp3) is 0.304. The minimum atomic E-state index is -0.981. The van der Waals surface area contributed by atoms with E-state index in [9.17, 15) is 14.7 Å². The van der Waals surface area contributed by atoms with E-state index < -0.39 is 18.2 Å². The second-order valence-electron chi connectivity index (χ2n) is 7.34. The topological polar surface area (TPSA) is 89.8 Å². The highest BCUT2D eigenvalue weighted by molar-refractivity contribution is 6.30. The van der Waals surface area contributed by atoms with Crippen LogP contribution in [0.4, 0.5) is 10.5 Å². The third-order valence-corrected chi connectivity index (χ3v) is 4.93. The number of nitrogens with one attached hydrogen (secondary N) is 1. The number of nitrogens with zero attached hydrogens (tertiary/aromatic N) is 1. The van der Waals surface area contributed by atoms with E-state index in [2.05, 4.69) is 5.32 Å². The van der Waals surface area contributed by atoms with Gasteiger partial charge in [0.2, 0.25) is 0 Å². The molecule has 1 aromatic heterocycles. The van der Waals surface area contributed by atoms with Gasteiger partial charge >= 0.3 is 12.1 Å². The number of carboxylic acid groups (broad SMARTS) is 1. The summed E-state index contributed by atoms with van der Waals surface area (Å²) in [6.07, 6.45) is 0.535. The van der Waals surface area contributed by atoms with Crippen molar-refractivity contribution in [2.75, 3.05) is 11.9 Å². The zero-order valence-electron chi connectivity index (χ0n) is 17.4. The fourth-order valence-electron chi connectivity index (χ4n) is 3.31. The minimum Gasteiger partial charge on any atom is -0.479 e. The lowest BCUT2D eigenvalue weighted by Crippen LogP contribution is -2.29. The summed E-state index contributed by atoms with van der Waals surface area (Å²) in [6, 6.07) is 14.4. The first-order valence-electron chi connectivity index (χ1n) is 9.98. The van der Waals surface area contributed by atoms with Crippen LogP contribution in [0.25, 0.3) is 10.9 Å². The number of halogens is 1. The van der Waals surface area contributed by atoms with Gasteiger partial charge in [0.15, 0.2) is 6.10 Å². The quantitative estimate of drug-likeness (QED) is 0.486. The van der Waals surface area contributed by atoms with Crippen LogP contribution in [0.3, 0.4) is 0 Å². The Morgan fingerprint density at radius 3 is 2.55 bits per heavy atom. The first-order chi connectivity index (χ1) is 14.8. The molecular formula is C23H25ClN2O5. The summed E-state index contributed by atoms with van der Waals surface area (Å²) in [7, 11) is 0. The SMILES string of the molecule is CC(C)OC(Cc1cccc2c1ccn2CCOC(=O)Nc1ccc(Cl)cc1)C(=O)O. The van der Waals surface area contributed by atoms with Gasteiger partial charge in [-0.05, 0) is 55.8 Å². The molecule has 0 aliphatic carbocycles. The second kappa shape index (κ2) is 10.3. The highest BCUT2D eigenvalue weighted by atomic mass is 35.5. The maximum Gasteiger partial charge on any atom is 0.411 e. The number of hydrogen-bond acceptors (Lipinski definition) is 4. The molecule has 31 heavy (non-hydrogen) atoms. The minimum absolute atomic E-state index is 0.180. The number of carboxylic acids is 1. The number of fused-ring (bicyclic) bond motifs is 1. The van der Waals surface area contributed by atoms with Gasteiger partial charge in [-0.15, -0.1) is 0 Å². The van der Waals surface area contributed by atoms with Gasteiger partial charge in [-0.25, -0.2) is 9.59 Å². The predicted molar refractivity (Wildman–Crippen MR) is 120 cm³/mol. The third kappa shape index (κ3) is 6.23. The van der Waals surface area contributed by atoms with E-state index in [0.29, 0.717) is 17.3 Å². The Labute approximate surface area is 185 Å². The maximum absolute atomic E-state index is 12.0. The van der Waals surface area contributed by atoms with Crippen LogP contribution in [0.15, 0.2) is 54.7 Å². The summed E-state index contributed by atoms with van der Waals surface area (Å²) in [4.78, 5) is 23.5. The molecule has 164 valence electrons. The Balaban J connectivity index is 1.62. The van der Waals surface area contributed by atoms with Crippen LogP contribution in [0.1, 0.15) is 19.4 Å². The van der Waals surface area contributed by atoms with Crippen molar-refractivity contribution in [1.29, 1.82) is 0 Å². The van der Waals surface area contributed by atoms with Crippen LogP contribution in [0.5, 0.6) is 0 Å². The van der Waals surface area contributed by atoms with E-state index in [4.69, 9.17) is 21.1 Å². The van der Waals surface area contributed by atoms with Crippen LogP contribution >= 0.6 is 11.6 Å². The lowest BCUT2D eigenvalue weighted by molar-refractivity contribution is -0.153. The number of ether oxygens (including phenoxy) is 2. The molecule has 0 radical (unpaired) electrons. The zero-order valence-corrected chi connectivity index (χ0v) is 18.1. The number of benzene rings is 2. The van der Waals surface area contributed by atoms with Gasteiger partial charge in [0.25, 0.3) is 0 Å². The number of carbonyl (C=O) groups excluding carboxylic acids is 1. The monoisotopic (exact) mass is 444 g/mol. The largest absolute Gasteiger partial charge is 0.479 e. The van der Waals surface area contributed by atoms with Crippen molar-refractivity contribution >= 4 is 40.3 Å².